The number of rotatable bonds is 3. The predicted octanol–water partition coefficient (Wildman–Crippen LogP) is 3.40. The first kappa shape index (κ1) is 10.0. The van der Waals surface area contributed by atoms with Gasteiger partial charge in [-0.05, 0) is 43.5 Å². The third-order valence-corrected chi connectivity index (χ3v) is 3.38. The SMILES string of the molecule is CNC(c1cccc(Cl)c1)C1CCC1. The summed E-state index contributed by atoms with van der Waals surface area (Å²) in [4.78, 5) is 0. The molecule has 1 fully saturated rings. The van der Waals surface area contributed by atoms with Gasteiger partial charge in [-0.2, -0.15) is 0 Å². The first-order valence-corrected chi connectivity index (χ1v) is 5.62. The molecule has 1 aromatic carbocycles. The summed E-state index contributed by atoms with van der Waals surface area (Å²) in [5.74, 6) is 0.804. The van der Waals surface area contributed by atoms with Crippen molar-refractivity contribution in [1.82, 2.24) is 5.32 Å². The van der Waals surface area contributed by atoms with E-state index in [9.17, 15) is 0 Å². The van der Waals surface area contributed by atoms with E-state index >= 15 is 0 Å². The van der Waals surface area contributed by atoms with E-state index in [4.69, 9.17) is 11.6 Å². The third-order valence-electron chi connectivity index (χ3n) is 3.14. The average Bonchev–Trinajstić information content (AvgIpc) is 2.10. The van der Waals surface area contributed by atoms with E-state index in [1.165, 1.54) is 24.8 Å². The van der Waals surface area contributed by atoms with Gasteiger partial charge in [0.05, 0.1) is 0 Å². The summed E-state index contributed by atoms with van der Waals surface area (Å²) in [5, 5.41) is 4.22. The molecule has 1 saturated carbocycles. The molecule has 0 aliphatic heterocycles. The minimum atomic E-state index is 0.488. The molecule has 0 radical (unpaired) electrons. The maximum Gasteiger partial charge on any atom is 0.0409 e. The molecular weight excluding hydrogens is 194 g/mol. The monoisotopic (exact) mass is 209 g/mol. The molecule has 14 heavy (non-hydrogen) atoms. The Balaban J connectivity index is 2.17. The van der Waals surface area contributed by atoms with Gasteiger partial charge in [0.15, 0.2) is 0 Å². The largest absolute Gasteiger partial charge is 0.313 e. The fourth-order valence-electron chi connectivity index (χ4n) is 2.15. The minimum Gasteiger partial charge on any atom is -0.313 e. The van der Waals surface area contributed by atoms with Crippen LogP contribution in [0.4, 0.5) is 0 Å². The van der Waals surface area contributed by atoms with E-state index in [0.717, 1.165) is 10.9 Å². The first-order chi connectivity index (χ1) is 6.81. The van der Waals surface area contributed by atoms with Gasteiger partial charge >= 0.3 is 0 Å². The highest BCUT2D eigenvalue weighted by Crippen LogP contribution is 2.37. The summed E-state index contributed by atoms with van der Waals surface area (Å²) in [6.45, 7) is 0. The Morgan fingerprint density at radius 3 is 2.71 bits per heavy atom. The highest BCUT2D eigenvalue weighted by molar-refractivity contribution is 6.30. The van der Waals surface area contributed by atoms with Crippen molar-refractivity contribution >= 4 is 11.6 Å². The molecule has 1 aliphatic carbocycles. The van der Waals surface area contributed by atoms with Crippen LogP contribution in [0.3, 0.4) is 0 Å². The number of halogens is 1. The van der Waals surface area contributed by atoms with E-state index in [2.05, 4.69) is 17.4 Å². The molecule has 76 valence electrons. The number of benzene rings is 1. The molecular formula is C12H16ClN. The van der Waals surface area contributed by atoms with Gasteiger partial charge in [0.1, 0.15) is 0 Å². The minimum absolute atomic E-state index is 0.488. The zero-order chi connectivity index (χ0) is 9.97. The van der Waals surface area contributed by atoms with Gasteiger partial charge in [-0.1, -0.05) is 30.2 Å². The molecule has 2 heteroatoms. The molecule has 0 heterocycles. The van der Waals surface area contributed by atoms with Gasteiger partial charge in [0.2, 0.25) is 0 Å². The van der Waals surface area contributed by atoms with Crippen molar-refractivity contribution in [3.8, 4) is 0 Å². The van der Waals surface area contributed by atoms with Crippen LogP contribution in [-0.4, -0.2) is 7.05 Å². The zero-order valence-electron chi connectivity index (χ0n) is 8.46. The summed E-state index contributed by atoms with van der Waals surface area (Å²) in [7, 11) is 2.03. The molecule has 0 spiro atoms. The van der Waals surface area contributed by atoms with Crippen LogP contribution in [0.5, 0.6) is 0 Å². The Hall–Kier alpha value is -0.530. The highest BCUT2D eigenvalue weighted by atomic mass is 35.5. The summed E-state index contributed by atoms with van der Waals surface area (Å²) in [6, 6.07) is 8.67. The summed E-state index contributed by atoms with van der Waals surface area (Å²) >= 11 is 5.98. The molecule has 1 atom stereocenters. The molecule has 1 unspecified atom stereocenters. The lowest BCUT2D eigenvalue weighted by atomic mass is 9.77. The van der Waals surface area contributed by atoms with Crippen LogP contribution in [0, 0.1) is 5.92 Å². The topological polar surface area (TPSA) is 12.0 Å². The molecule has 0 saturated heterocycles. The second-order valence-electron chi connectivity index (χ2n) is 4.01. The fraction of sp³-hybridized carbons (Fsp3) is 0.500. The number of hydrogen-bond donors (Lipinski definition) is 1. The highest BCUT2D eigenvalue weighted by Gasteiger charge is 2.27. The Kier molecular flexibility index (Phi) is 3.09. The lowest BCUT2D eigenvalue weighted by molar-refractivity contribution is 0.239. The lowest BCUT2D eigenvalue weighted by Crippen LogP contribution is -2.29. The Bertz CT molecular complexity index is 307. The maximum absolute atomic E-state index is 5.98. The Labute approximate surface area is 90.5 Å². The van der Waals surface area contributed by atoms with Gasteiger partial charge in [0.25, 0.3) is 0 Å². The van der Waals surface area contributed by atoms with Crippen LogP contribution in [0.1, 0.15) is 30.9 Å². The van der Waals surface area contributed by atoms with Crippen molar-refractivity contribution in [2.24, 2.45) is 5.92 Å². The van der Waals surface area contributed by atoms with Crippen LogP contribution < -0.4 is 5.32 Å². The van der Waals surface area contributed by atoms with Crippen molar-refractivity contribution in [3.05, 3.63) is 34.9 Å². The van der Waals surface area contributed by atoms with E-state index in [0.29, 0.717) is 6.04 Å². The molecule has 1 aliphatic rings. The van der Waals surface area contributed by atoms with Crippen molar-refractivity contribution in [1.29, 1.82) is 0 Å². The maximum atomic E-state index is 5.98. The molecule has 0 bridgehead atoms. The van der Waals surface area contributed by atoms with E-state index < -0.39 is 0 Å². The molecule has 0 amide bonds. The van der Waals surface area contributed by atoms with Crippen LogP contribution in [-0.2, 0) is 0 Å². The van der Waals surface area contributed by atoms with Gasteiger partial charge in [-0.25, -0.2) is 0 Å². The lowest BCUT2D eigenvalue weighted by Gasteiger charge is -2.34. The van der Waals surface area contributed by atoms with Crippen LogP contribution in [0.15, 0.2) is 24.3 Å². The molecule has 2 rings (SSSR count). The quantitative estimate of drug-likeness (QED) is 0.805. The van der Waals surface area contributed by atoms with Crippen molar-refractivity contribution in [2.45, 2.75) is 25.3 Å². The van der Waals surface area contributed by atoms with Gasteiger partial charge in [-0.3, -0.25) is 0 Å². The van der Waals surface area contributed by atoms with Crippen LogP contribution in [0.2, 0.25) is 5.02 Å². The van der Waals surface area contributed by atoms with Crippen LogP contribution in [0.25, 0.3) is 0 Å². The second-order valence-corrected chi connectivity index (χ2v) is 4.45. The molecule has 1 aromatic rings. The summed E-state index contributed by atoms with van der Waals surface area (Å²) in [5.41, 5.74) is 1.32. The Morgan fingerprint density at radius 2 is 2.21 bits per heavy atom. The second kappa shape index (κ2) is 4.33. The predicted molar refractivity (Wildman–Crippen MR) is 60.6 cm³/mol. The summed E-state index contributed by atoms with van der Waals surface area (Å²) < 4.78 is 0. The van der Waals surface area contributed by atoms with Crippen molar-refractivity contribution < 1.29 is 0 Å². The fourth-order valence-corrected chi connectivity index (χ4v) is 2.35. The number of nitrogens with one attached hydrogen (secondary N) is 1. The molecule has 0 aromatic heterocycles. The zero-order valence-corrected chi connectivity index (χ0v) is 9.22. The molecule has 1 N–H and O–H groups in total. The standard InChI is InChI=1S/C12H16ClN/c1-14-12(9-4-2-5-9)10-6-3-7-11(13)8-10/h3,6-9,12,14H,2,4-5H2,1H3. The average molecular weight is 210 g/mol. The summed E-state index contributed by atoms with van der Waals surface area (Å²) in [6.07, 6.45) is 4.07. The van der Waals surface area contributed by atoms with Gasteiger partial charge in [-0.15, -0.1) is 0 Å². The van der Waals surface area contributed by atoms with E-state index in [1.807, 2.05) is 19.2 Å². The van der Waals surface area contributed by atoms with E-state index in [1.54, 1.807) is 0 Å². The Morgan fingerprint density at radius 1 is 1.43 bits per heavy atom. The van der Waals surface area contributed by atoms with Crippen LogP contribution >= 0.6 is 11.6 Å². The normalized spacial score (nSPS) is 19.0. The van der Waals surface area contributed by atoms with Gasteiger partial charge < -0.3 is 5.32 Å². The van der Waals surface area contributed by atoms with Crippen molar-refractivity contribution in [2.75, 3.05) is 7.05 Å². The number of hydrogen-bond acceptors (Lipinski definition) is 1. The first-order valence-electron chi connectivity index (χ1n) is 5.24. The van der Waals surface area contributed by atoms with E-state index in [-0.39, 0.29) is 0 Å². The third kappa shape index (κ3) is 1.94. The molecule has 1 nitrogen and oxygen atoms in total. The van der Waals surface area contributed by atoms with Crippen molar-refractivity contribution in [3.63, 3.8) is 0 Å². The van der Waals surface area contributed by atoms with Gasteiger partial charge in [0, 0.05) is 11.1 Å². The smallest absolute Gasteiger partial charge is 0.0409 e.